The van der Waals surface area contributed by atoms with E-state index in [9.17, 15) is 0 Å². The van der Waals surface area contributed by atoms with Crippen molar-refractivity contribution >= 4 is 29.9 Å². The molecule has 1 aliphatic rings. The third-order valence-electron chi connectivity index (χ3n) is 4.72. The predicted molar refractivity (Wildman–Crippen MR) is 130 cm³/mol. The summed E-state index contributed by atoms with van der Waals surface area (Å²) in [5.74, 6) is 2.27. The van der Waals surface area contributed by atoms with Crippen LogP contribution in [0, 0.1) is 5.92 Å². The van der Waals surface area contributed by atoms with Gasteiger partial charge in [0, 0.05) is 32.7 Å². The van der Waals surface area contributed by atoms with Crippen LogP contribution in [0.5, 0.6) is 5.75 Å². The Labute approximate surface area is 193 Å². The van der Waals surface area contributed by atoms with Crippen LogP contribution in [-0.4, -0.2) is 59.1 Å². The number of nitrogens with one attached hydrogen (secondary N) is 2. The molecule has 1 fully saturated rings. The zero-order valence-corrected chi connectivity index (χ0v) is 20.7. The van der Waals surface area contributed by atoms with Gasteiger partial charge in [-0.15, -0.1) is 24.0 Å². The van der Waals surface area contributed by atoms with E-state index in [1.807, 2.05) is 12.1 Å². The minimum absolute atomic E-state index is 0. The Kier molecular flexibility index (Phi) is 12.6. The van der Waals surface area contributed by atoms with E-state index in [0.717, 1.165) is 57.5 Å². The van der Waals surface area contributed by atoms with E-state index in [-0.39, 0.29) is 29.4 Å². The van der Waals surface area contributed by atoms with Gasteiger partial charge >= 0.3 is 0 Å². The van der Waals surface area contributed by atoms with Crippen molar-refractivity contribution in [2.45, 2.75) is 39.0 Å². The topological polar surface area (TPSA) is 64.1 Å². The lowest BCUT2D eigenvalue weighted by Gasteiger charge is -2.20. The van der Waals surface area contributed by atoms with Crippen LogP contribution < -0.4 is 15.4 Å². The van der Waals surface area contributed by atoms with Gasteiger partial charge in [-0.05, 0) is 36.0 Å². The second kappa shape index (κ2) is 14.0. The van der Waals surface area contributed by atoms with E-state index in [4.69, 9.17) is 14.2 Å². The van der Waals surface area contributed by atoms with Gasteiger partial charge in [-0.25, -0.2) is 0 Å². The molecule has 2 rings (SSSR count). The van der Waals surface area contributed by atoms with Crippen LogP contribution in [0.15, 0.2) is 29.3 Å². The number of nitrogens with zero attached hydrogens (tertiary/aromatic N) is 1. The van der Waals surface area contributed by atoms with Crippen molar-refractivity contribution in [3.8, 4) is 5.75 Å². The van der Waals surface area contributed by atoms with Crippen molar-refractivity contribution in [1.82, 2.24) is 10.6 Å². The molecule has 0 radical (unpaired) electrons. The maximum atomic E-state index is 5.87. The normalized spacial score (nSPS) is 17.0. The first-order chi connectivity index (χ1) is 13.5. The van der Waals surface area contributed by atoms with Crippen LogP contribution in [0.3, 0.4) is 0 Å². The third kappa shape index (κ3) is 10.5. The number of benzene rings is 1. The quantitative estimate of drug-likeness (QED) is 0.214. The summed E-state index contributed by atoms with van der Waals surface area (Å²) in [7, 11) is 1.78. The maximum absolute atomic E-state index is 5.87. The summed E-state index contributed by atoms with van der Waals surface area (Å²) in [5.41, 5.74) is 1.40. The number of rotatable bonds is 10. The number of hydrogen-bond donors (Lipinski definition) is 2. The standard InChI is InChI=1S/C22H37N3O3.HI/c1-22(2,3)19-7-5-8-20(15-19)28-14-11-25-21(23-4)24-10-6-12-26-16-18-9-13-27-17-18;/h5,7-8,15,18H,6,9-14,16-17H2,1-4H3,(H2,23,24,25);1H. The summed E-state index contributed by atoms with van der Waals surface area (Å²) in [6.07, 6.45) is 2.07. The lowest BCUT2D eigenvalue weighted by molar-refractivity contribution is 0.0888. The van der Waals surface area contributed by atoms with Crippen molar-refractivity contribution in [3.05, 3.63) is 29.8 Å². The Bertz CT molecular complexity index is 599. The third-order valence-corrected chi connectivity index (χ3v) is 4.72. The van der Waals surface area contributed by atoms with E-state index in [2.05, 4.69) is 48.5 Å². The van der Waals surface area contributed by atoms with Gasteiger partial charge in [0.15, 0.2) is 5.96 Å². The Morgan fingerprint density at radius 2 is 2.00 bits per heavy atom. The number of aliphatic imine (C=N–C) groups is 1. The summed E-state index contributed by atoms with van der Waals surface area (Å²) in [6, 6.07) is 8.30. The average Bonchev–Trinajstić information content (AvgIpc) is 3.19. The van der Waals surface area contributed by atoms with Gasteiger partial charge in [0.05, 0.1) is 19.8 Å². The van der Waals surface area contributed by atoms with E-state index in [0.29, 0.717) is 19.1 Å². The van der Waals surface area contributed by atoms with Gasteiger partial charge in [0.2, 0.25) is 0 Å². The van der Waals surface area contributed by atoms with Crippen molar-refractivity contribution in [2.75, 3.05) is 53.2 Å². The monoisotopic (exact) mass is 519 g/mol. The molecule has 166 valence electrons. The van der Waals surface area contributed by atoms with Crippen LogP contribution in [0.25, 0.3) is 0 Å². The van der Waals surface area contributed by atoms with Crippen LogP contribution in [0.1, 0.15) is 39.2 Å². The zero-order valence-electron chi connectivity index (χ0n) is 18.3. The van der Waals surface area contributed by atoms with Crippen LogP contribution in [0.2, 0.25) is 0 Å². The molecule has 1 unspecified atom stereocenters. The second-order valence-electron chi connectivity index (χ2n) is 8.21. The Morgan fingerprint density at radius 3 is 2.69 bits per heavy atom. The predicted octanol–water partition coefficient (Wildman–Crippen LogP) is 3.59. The highest BCUT2D eigenvalue weighted by molar-refractivity contribution is 14.0. The first kappa shape index (κ1) is 26.0. The van der Waals surface area contributed by atoms with Gasteiger partial charge < -0.3 is 24.8 Å². The van der Waals surface area contributed by atoms with Crippen LogP contribution >= 0.6 is 24.0 Å². The smallest absolute Gasteiger partial charge is 0.191 e. The number of halogens is 1. The first-order valence-electron chi connectivity index (χ1n) is 10.3. The largest absolute Gasteiger partial charge is 0.492 e. The van der Waals surface area contributed by atoms with Gasteiger partial charge in [-0.1, -0.05) is 32.9 Å². The van der Waals surface area contributed by atoms with Crippen LogP contribution in [0.4, 0.5) is 0 Å². The molecule has 6 nitrogen and oxygen atoms in total. The molecule has 2 N–H and O–H groups in total. The van der Waals surface area contributed by atoms with Crippen LogP contribution in [-0.2, 0) is 14.9 Å². The number of guanidine groups is 1. The minimum Gasteiger partial charge on any atom is -0.492 e. The van der Waals surface area contributed by atoms with Gasteiger partial charge in [0.25, 0.3) is 0 Å². The molecule has 1 aromatic rings. The summed E-state index contributed by atoms with van der Waals surface area (Å²) in [6.45, 7) is 12.0. The highest BCUT2D eigenvalue weighted by Crippen LogP contribution is 2.25. The molecule has 0 aliphatic carbocycles. The highest BCUT2D eigenvalue weighted by Gasteiger charge is 2.15. The zero-order chi connectivity index (χ0) is 20.2. The van der Waals surface area contributed by atoms with Crippen molar-refractivity contribution in [1.29, 1.82) is 0 Å². The second-order valence-corrected chi connectivity index (χ2v) is 8.21. The molecule has 0 aromatic heterocycles. The van der Waals surface area contributed by atoms with Crippen molar-refractivity contribution in [2.24, 2.45) is 10.9 Å². The molecular formula is C22H38IN3O3. The molecule has 0 saturated carbocycles. The molecule has 1 atom stereocenters. The molecule has 0 bridgehead atoms. The molecule has 29 heavy (non-hydrogen) atoms. The van der Waals surface area contributed by atoms with Crippen molar-refractivity contribution < 1.29 is 14.2 Å². The fourth-order valence-electron chi connectivity index (χ4n) is 2.96. The van der Waals surface area contributed by atoms with E-state index in [1.165, 1.54) is 5.56 Å². The fourth-order valence-corrected chi connectivity index (χ4v) is 2.96. The lowest BCUT2D eigenvalue weighted by Crippen LogP contribution is -2.39. The van der Waals surface area contributed by atoms with Crippen molar-refractivity contribution in [3.63, 3.8) is 0 Å². The molecule has 1 aromatic carbocycles. The number of hydrogen-bond acceptors (Lipinski definition) is 4. The SMILES string of the molecule is CN=C(NCCCOCC1CCOC1)NCCOc1cccc(C(C)(C)C)c1.I. The van der Waals surface area contributed by atoms with E-state index in [1.54, 1.807) is 7.05 Å². The van der Waals surface area contributed by atoms with Gasteiger partial charge in [0.1, 0.15) is 12.4 Å². The summed E-state index contributed by atoms with van der Waals surface area (Å²) in [5, 5.41) is 6.58. The molecular weight excluding hydrogens is 481 g/mol. The average molecular weight is 519 g/mol. The molecule has 1 saturated heterocycles. The molecule has 0 spiro atoms. The Morgan fingerprint density at radius 1 is 1.21 bits per heavy atom. The summed E-state index contributed by atoms with van der Waals surface area (Å²) >= 11 is 0. The Hall–Kier alpha value is -1.06. The Balaban J connectivity index is 0.00000420. The minimum atomic E-state index is 0. The number of ether oxygens (including phenoxy) is 3. The molecule has 1 heterocycles. The molecule has 0 amide bonds. The van der Waals surface area contributed by atoms with E-state index >= 15 is 0 Å². The first-order valence-corrected chi connectivity index (χ1v) is 10.3. The summed E-state index contributed by atoms with van der Waals surface area (Å²) < 4.78 is 16.9. The van der Waals surface area contributed by atoms with Gasteiger partial charge in [-0.2, -0.15) is 0 Å². The lowest BCUT2D eigenvalue weighted by atomic mass is 9.87. The highest BCUT2D eigenvalue weighted by atomic mass is 127. The summed E-state index contributed by atoms with van der Waals surface area (Å²) in [4.78, 5) is 4.24. The molecule has 7 heteroatoms. The van der Waals surface area contributed by atoms with E-state index < -0.39 is 0 Å². The van der Waals surface area contributed by atoms with Gasteiger partial charge in [-0.3, -0.25) is 4.99 Å². The fraction of sp³-hybridized carbons (Fsp3) is 0.682. The maximum Gasteiger partial charge on any atom is 0.191 e. The molecule has 1 aliphatic heterocycles.